The molecule has 3 rings (SSSR count). The molecule has 2 heterocycles. The summed E-state index contributed by atoms with van der Waals surface area (Å²) in [6.45, 7) is 3.45. The molecule has 0 radical (unpaired) electrons. The molecule has 0 aromatic heterocycles. The van der Waals surface area contributed by atoms with Gasteiger partial charge in [0, 0.05) is 18.9 Å². The molecule has 36 heavy (non-hydrogen) atoms. The topological polar surface area (TPSA) is 146 Å². The molecule has 0 spiro atoms. The Labute approximate surface area is 210 Å². The number of carbonyl (C=O) groups is 4. The summed E-state index contributed by atoms with van der Waals surface area (Å²) in [6, 6.07) is 6.10. The van der Waals surface area contributed by atoms with Crippen LogP contribution in [0.1, 0.15) is 45.1 Å². The van der Waals surface area contributed by atoms with E-state index in [1.807, 2.05) is 13.8 Å². The minimum Gasteiger partial charge on any atom is -0.494 e. The second-order valence-corrected chi connectivity index (χ2v) is 9.33. The van der Waals surface area contributed by atoms with Gasteiger partial charge in [-0.05, 0) is 49.3 Å². The monoisotopic (exact) mass is 508 g/mol. The van der Waals surface area contributed by atoms with Gasteiger partial charge < -0.3 is 20.7 Å². The second-order valence-electron chi connectivity index (χ2n) is 9.33. The Bertz CT molecular complexity index is 880. The molecule has 0 unspecified atom stereocenters. The zero-order chi connectivity index (χ0) is 26.5. The highest BCUT2D eigenvalue weighted by Gasteiger charge is 2.36. The smallest absolute Gasteiger partial charge is 0.247 e. The van der Waals surface area contributed by atoms with E-state index in [-0.39, 0.29) is 31.8 Å². The highest BCUT2D eigenvalue weighted by molar-refractivity contribution is 5.93. The van der Waals surface area contributed by atoms with Crippen molar-refractivity contribution in [2.24, 2.45) is 17.8 Å². The maximum Gasteiger partial charge on any atom is 0.247 e. The summed E-state index contributed by atoms with van der Waals surface area (Å²) in [6.07, 6.45) is 1.46. The maximum atomic E-state index is 13.4. The first-order valence-corrected chi connectivity index (χ1v) is 12.3. The fraction of sp³-hybridized carbons (Fsp3) is 0.600. The van der Waals surface area contributed by atoms with Crippen LogP contribution in [0.4, 0.5) is 4.39 Å². The number of amides is 4. The van der Waals surface area contributed by atoms with Gasteiger partial charge in [0.15, 0.2) is 0 Å². The first kappa shape index (κ1) is 29.0. The molecule has 4 amide bonds. The minimum atomic E-state index is -1.02. The SMILES string of the molecule is CC(C)C[C@H]1C(=O)N[C@H](C(=O)NCC(=O)NCCCF)Cc2ccc(cc2)OCCC[C@@H]1C(=O)NO. The molecule has 2 aliphatic rings. The van der Waals surface area contributed by atoms with Crippen molar-refractivity contribution in [3.05, 3.63) is 29.8 Å². The number of rotatable bonds is 9. The summed E-state index contributed by atoms with van der Waals surface area (Å²) < 4.78 is 18.0. The van der Waals surface area contributed by atoms with E-state index in [1.54, 1.807) is 29.7 Å². The van der Waals surface area contributed by atoms with Crippen LogP contribution in [0.15, 0.2) is 24.3 Å². The van der Waals surface area contributed by atoms with Crippen molar-refractivity contribution in [3.8, 4) is 5.75 Å². The molecule has 1 aromatic carbocycles. The number of alkyl halides is 1. The lowest BCUT2D eigenvalue weighted by molar-refractivity contribution is -0.142. The van der Waals surface area contributed by atoms with Gasteiger partial charge in [0.05, 0.1) is 25.7 Å². The van der Waals surface area contributed by atoms with Crippen LogP contribution in [-0.2, 0) is 25.6 Å². The normalized spacial score (nSPS) is 20.6. The summed E-state index contributed by atoms with van der Waals surface area (Å²) in [7, 11) is 0. The van der Waals surface area contributed by atoms with Gasteiger partial charge >= 0.3 is 0 Å². The Hall–Kier alpha value is -3.21. The van der Waals surface area contributed by atoms with Crippen molar-refractivity contribution in [3.63, 3.8) is 0 Å². The summed E-state index contributed by atoms with van der Waals surface area (Å²) in [5.74, 6) is -3.11. The van der Waals surface area contributed by atoms with Gasteiger partial charge in [0.1, 0.15) is 11.8 Å². The number of ether oxygens (including phenoxy) is 1. The van der Waals surface area contributed by atoms with E-state index in [0.717, 1.165) is 5.56 Å². The molecule has 0 fully saturated rings. The van der Waals surface area contributed by atoms with Gasteiger partial charge in [-0.2, -0.15) is 0 Å². The second kappa shape index (κ2) is 15.0. The molecule has 1 aromatic rings. The largest absolute Gasteiger partial charge is 0.494 e. The van der Waals surface area contributed by atoms with E-state index in [4.69, 9.17) is 4.74 Å². The summed E-state index contributed by atoms with van der Waals surface area (Å²) >= 11 is 0. The average Bonchev–Trinajstić information content (AvgIpc) is 2.85. The molecule has 0 saturated heterocycles. The van der Waals surface area contributed by atoms with Crippen LogP contribution >= 0.6 is 0 Å². The third-order valence-corrected chi connectivity index (χ3v) is 5.97. The van der Waals surface area contributed by atoms with Gasteiger partial charge in [-0.15, -0.1) is 0 Å². The lowest BCUT2D eigenvalue weighted by Gasteiger charge is -2.28. The van der Waals surface area contributed by atoms with Crippen molar-refractivity contribution in [2.45, 2.75) is 52.0 Å². The molecule has 2 bridgehead atoms. The molecule has 2 aliphatic heterocycles. The zero-order valence-corrected chi connectivity index (χ0v) is 20.8. The first-order valence-electron chi connectivity index (χ1n) is 12.3. The summed E-state index contributed by atoms with van der Waals surface area (Å²) in [5.41, 5.74) is 2.43. The maximum absolute atomic E-state index is 13.4. The molecular weight excluding hydrogens is 471 g/mol. The Morgan fingerprint density at radius 2 is 1.89 bits per heavy atom. The van der Waals surface area contributed by atoms with Crippen molar-refractivity contribution in [2.75, 3.05) is 26.4 Å². The lowest BCUT2D eigenvalue weighted by atomic mass is 9.81. The zero-order valence-electron chi connectivity index (χ0n) is 20.8. The Morgan fingerprint density at radius 3 is 2.53 bits per heavy atom. The van der Waals surface area contributed by atoms with Crippen LogP contribution in [-0.4, -0.2) is 61.2 Å². The van der Waals surface area contributed by atoms with Crippen LogP contribution in [0, 0.1) is 17.8 Å². The number of nitrogens with one attached hydrogen (secondary N) is 4. The fourth-order valence-corrected chi connectivity index (χ4v) is 4.15. The van der Waals surface area contributed by atoms with Gasteiger partial charge in [0.2, 0.25) is 23.6 Å². The van der Waals surface area contributed by atoms with Gasteiger partial charge in [0.25, 0.3) is 0 Å². The van der Waals surface area contributed by atoms with E-state index in [1.165, 1.54) is 0 Å². The molecule has 11 heteroatoms. The number of benzene rings is 1. The Morgan fingerprint density at radius 1 is 1.17 bits per heavy atom. The van der Waals surface area contributed by atoms with Crippen molar-refractivity contribution < 1.29 is 33.5 Å². The highest BCUT2D eigenvalue weighted by atomic mass is 19.1. The Kier molecular flexibility index (Phi) is 12.1. The molecule has 0 saturated carbocycles. The minimum absolute atomic E-state index is 0.0666. The van der Waals surface area contributed by atoms with E-state index in [2.05, 4.69) is 16.0 Å². The first-order chi connectivity index (χ1) is 17.2. The van der Waals surface area contributed by atoms with E-state index in [0.29, 0.717) is 31.6 Å². The van der Waals surface area contributed by atoms with Gasteiger partial charge in [-0.1, -0.05) is 26.0 Å². The van der Waals surface area contributed by atoms with Crippen LogP contribution in [0.25, 0.3) is 0 Å². The van der Waals surface area contributed by atoms with Crippen molar-refractivity contribution in [1.82, 2.24) is 21.4 Å². The third-order valence-electron chi connectivity index (χ3n) is 5.97. The van der Waals surface area contributed by atoms with Crippen LogP contribution in [0.2, 0.25) is 0 Å². The quantitative estimate of drug-likeness (QED) is 0.193. The van der Waals surface area contributed by atoms with Gasteiger partial charge in [-0.3, -0.25) is 28.8 Å². The number of hydrogen-bond donors (Lipinski definition) is 5. The number of fused-ring (bicyclic) bond motifs is 11. The average molecular weight is 509 g/mol. The number of halogens is 1. The molecule has 0 aliphatic carbocycles. The summed E-state index contributed by atoms with van der Waals surface area (Å²) in [4.78, 5) is 50.9. The van der Waals surface area contributed by atoms with E-state index in [9.17, 15) is 28.8 Å². The van der Waals surface area contributed by atoms with Crippen LogP contribution < -0.4 is 26.2 Å². The van der Waals surface area contributed by atoms with E-state index >= 15 is 0 Å². The van der Waals surface area contributed by atoms with Crippen LogP contribution in [0.3, 0.4) is 0 Å². The van der Waals surface area contributed by atoms with Crippen LogP contribution in [0.5, 0.6) is 5.75 Å². The Balaban J connectivity index is 2.27. The molecule has 5 N–H and O–H groups in total. The number of hydroxylamine groups is 1. The predicted molar refractivity (Wildman–Crippen MR) is 130 cm³/mol. The van der Waals surface area contributed by atoms with Gasteiger partial charge in [-0.25, -0.2) is 5.48 Å². The van der Waals surface area contributed by atoms with Crippen molar-refractivity contribution in [1.29, 1.82) is 0 Å². The highest BCUT2D eigenvalue weighted by Crippen LogP contribution is 2.27. The van der Waals surface area contributed by atoms with E-state index < -0.39 is 48.2 Å². The lowest BCUT2D eigenvalue weighted by Crippen LogP contribution is -2.53. The number of hydrogen-bond acceptors (Lipinski definition) is 6. The molecular formula is C25H37FN4O6. The number of carbonyl (C=O) groups excluding carboxylic acids is 4. The predicted octanol–water partition coefficient (Wildman–Crippen LogP) is 1.26. The fourth-order valence-electron chi connectivity index (χ4n) is 4.15. The standard InChI is InChI=1S/C25H37FN4O6/c1-16(2)13-20-19(24(33)30-35)5-3-12-36-18-8-6-17(7-9-18)14-21(29-23(20)32)25(34)28-15-22(31)27-11-4-10-26/h6-9,16,19-21,35H,3-5,10-15H2,1-2H3,(H,27,31)(H,28,34)(H,29,32)(H,30,33)/t19-,20+,21-/m0/s1. The van der Waals surface area contributed by atoms with Crippen molar-refractivity contribution >= 4 is 23.6 Å². The molecule has 3 atom stereocenters. The molecule has 200 valence electrons. The third kappa shape index (κ3) is 9.44. The summed E-state index contributed by atoms with van der Waals surface area (Å²) in [5, 5.41) is 17.1. The molecule has 10 nitrogen and oxygen atoms in total.